The summed E-state index contributed by atoms with van der Waals surface area (Å²) in [4.78, 5) is 11.8. The summed E-state index contributed by atoms with van der Waals surface area (Å²) in [5.41, 5.74) is 0. The zero-order valence-electron chi connectivity index (χ0n) is 13.8. The first kappa shape index (κ1) is 21.5. The molecular formula is C17H33NO2Y. The van der Waals surface area contributed by atoms with Gasteiger partial charge in [-0.15, -0.1) is 0 Å². The van der Waals surface area contributed by atoms with E-state index in [2.05, 4.69) is 12.2 Å². The molecule has 4 heteroatoms. The fraction of sp³-hybridized carbons (Fsp3) is 0.941. The Kier molecular flexibility index (Phi) is 14.5. The molecule has 0 heterocycles. The van der Waals surface area contributed by atoms with Crippen LogP contribution in [-0.4, -0.2) is 23.2 Å². The van der Waals surface area contributed by atoms with Gasteiger partial charge in [0.05, 0.1) is 6.10 Å². The monoisotopic (exact) mass is 372 g/mol. The van der Waals surface area contributed by atoms with Crippen LogP contribution in [0.2, 0.25) is 0 Å². The molecule has 0 unspecified atom stereocenters. The van der Waals surface area contributed by atoms with Gasteiger partial charge in [0.1, 0.15) is 0 Å². The zero-order valence-corrected chi connectivity index (χ0v) is 16.6. The third-order valence-electron chi connectivity index (χ3n) is 4.32. The summed E-state index contributed by atoms with van der Waals surface area (Å²) in [6.07, 6.45) is 14.3. The number of amides is 1. The Bertz CT molecular complexity index is 253. The van der Waals surface area contributed by atoms with Gasteiger partial charge in [-0.25, -0.2) is 0 Å². The third-order valence-corrected chi connectivity index (χ3v) is 4.32. The number of unbranched alkanes of at least 4 members (excludes halogenated alkanes) is 7. The molecule has 1 radical (unpaired) electrons. The Balaban J connectivity index is 0.00000400. The summed E-state index contributed by atoms with van der Waals surface area (Å²) in [6, 6.07) is 0.306. The van der Waals surface area contributed by atoms with E-state index in [-0.39, 0.29) is 44.7 Å². The fourth-order valence-corrected chi connectivity index (χ4v) is 2.94. The number of rotatable bonds is 10. The summed E-state index contributed by atoms with van der Waals surface area (Å²) in [6.45, 7) is 2.24. The number of aliphatic hydroxyl groups excluding tert-OH is 1. The minimum atomic E-state index is -0.143. The van der Waals surface area contributed by atoms with Crippen molar-refractivity contribution in [1.82, 2.24) is 5.32 Å². The van der Waals surface area contributed by atoms with Crippen LogP contribution in [0.25, 0.3) is 0 Å². The van der Waals surface area contributed by atoms with Crippen molar-refractivity contribution < 1.29 is 42.6 Å². The van der Waals surface area contributed by atoms with Gasteiger partial charge in [0, 0.05) is 45.2 Å². The van der Waals surface area contributed by atoms with Crippen molar-refractivity contribution in [2.24, 2.45) is 0 Å². The van der Waals surface area contributed by atoms with Gasteiger partial charge in [-0.2, -0.15) is 0 Å². The number of carbonyl (C=O) groups excluding carboxylic acids is 1. The third kappa shape index (κ3) is 11.7. The molecular weight excluding hydrogens is 339 g/mol. The number of hydrogen-bond acceptors (Lipinski definition) is 2. The minimum absolute atomic E-state index is 0. The molecule has 0 aromatic carbocycles. The normalized spacial score (nSPS) is 21.6. The van der Waals surface area contributed by atoms with Crippen LogP contribution in [0.1, 0.15) is 90.4 Å². The van der Waals surface area contributed by atoms with Gasteiger partial charge in [-0.05, 0) is 32.1 Å². The van der Waals surface area contributed by atoms with Crippen molar-refractivity contribution in [2.75, 3.05) is 0 Å². The molecule has 3 nitrogen and oxygen atoms in total. The van der Waals surface area contributed by atoms with Crippen LogP contribution in [0.5, 0.6) is 0 Å². The molecule has 1 fully saturated rings. The largest absolute Gasteiger partial charge is 0.393 e. The number of carbonyl (C=O) groups is 1. The first-order valence-electron chi connectivity index (χ1n) is 8.69. The predicted molar refractivity (Wildman–Crippen MR) is 83.6 cm³/mol. The van der Waals surface area contributed by atoms with Gasteiger partial charge >= 0.3 is 0 Å². The molecule has 0 aromatic heterocycles. The van der Waals surface area contributed by atoms with E-state index in [1.54, 1.807) is 0 Å². The maximum absolute atomic E-state index is 11.8. The SMILES string of the molecule is CCCCCCCCCCC(=O)NC1CCC(O)CC1.[Y]. The number of nitrogens with one attached hydrogen (secondary N) is 1. The van der Waals surface area contributed by atoms with Crippen LogP contribution in [0.3, 0.4) is 0 Å². The smallest absolute Gasteiger partial charge is 0.220 e. The van der Waals surface area contributed by atoms with Crippen LogP contribution in [0.4, 0.5) is 0 Å². The van der Waals surface area contributed by atoms with Crippen molar-refractivity contribution in [2.45, 2.75) is 103 Å². The molecule has 0 saturated heterocycles. The topological polar surface area (TPSA) is 49.3 Å². The Morgan fingerprint density at radius 1 is 0.952 bits per heavy atom. The molecule has 1 aliphatic rings. The quantitative estimate of drug-likeness (QED) is 0.571. The minimum Gasteiger partial charge on any atom is -0.393 e. The number of hydrogen-bond donors (Lipinski definition) is 2. The summed E-state index contributed by atoms with van der Waals surface area (Å²) >= 11 is 0. The summed E-state index contributed by atoms with van der Waals surface area (Å²) in [7, 11) is 0. The molecule has 121 valence electrons. The average Bonchev–Trinajstić information content (AvgIpc) is 2.44. The van der Waals surface area contributed by atoms with Crippen molar-refractivity contribution in [3.63, 3.8) is 0 Å². The molecule has 0 aliphatic heterocycles. The molecule has 0 bridgehead atoms. The maximum Gasteiger partial charge on any atom is 0.220 e. The Hall–Kier alpha value is 0.534. The van der Waals surface area contributed by atoms with E-state index >= 15 is 0 Å². The van der Waals surface area contributed by atoms with Crippen LogP contribution >= 0.6 is 0 Å². The molecule has 0 atom stereocenters. The molecule has 1 aliphatic carbocycles. The molecule has 21 heavy (non-hydrogen) atoms. The molecule has 2 N–H and O–H groups in total. The number of aliphatic hydroxyl groups is 1. The first-order chi connectivity index (χ1) is 9.72. The molecule has 1 saturated carbocycles. The van der Waals surface area contributed by atoms with Crippen molar-refractivity contribution in [3.8, 4) is 0 Å². The second-order valence-corrected chi connectivity index (χ2v) is 6.30. The van der Waals surface area contributed by atoms with E-state index in [9.17, 15) is 9.90 Å². The standard InChI is InChI=1S/C17H33NO2.Y/c1-2-3-4-5-6-7-8-9-10-17(20)18-15-11-13-16(19)14-12-15;/h15-16,19H,2-14H2,1H3,(H,18,20);. The van der Waals surface area contributed by atoms with Crippen LogP contribution in [0, 0.1) is 0 Å². The summed E-state index contributed by atoms with van der Waals surface area (Å²) < 4.78 is 0. The van der Waals surface area contributed by atoms with E-state index in [0.29, 0.717) is 12.5 Å². The summed E-state index contributed by atoms with van der Waals surface area (Å²) in [5, 5.41) is 12.5. The van der Waals surface area contributed by atoms with E-state index in [1.165, 1.54) is 44.9 Å². The fourth-order valence-electron chi connectivity index (χ4n) is 2.94. The van der Waals surface area contributed by atoms with Gasteiger partial charge in [0.2, 0.25) is 5.91 Å². The molecule has 1 amide bonds. The summed E-state index contributed by atoms with van der Waals surface area (Å²) in [5.74, 6) is 0.206. The Morgan fingerprint density at radius 3 is 2.05 bits per heavy atom. The Morgan fingerprint density at radius 2 is 1.48 bits per heavy atom. The van der Waals surface area contributed by atoms with Gasteiger partial charge < -0.3 is 10.4 Å². The second kappa shape index (κ2) is 14.1. The van der Waals surface area contributed by atoms with Gasteiger partial charge in [-0.3, -0.25) is 4.79 Å². The van der Waals surface area contributed by atoms with Crippen molar-refractivity contribution in [1.29, 1.82) is 0 Å². The molecule has 0 spiro atoms. The van der Waals surface area contributed by atoms with E-state index in [4.69, 9.17) is 0 Å². The predicted octanol–water partition coefficient (Wildman–Crippen LogP) is 3.93. The first-order valence-corrected chi connectivity index (χ1v) is 8.69. The van der Waals surface area contributed by atoms with Crippen LogP contribution in [0.15, 0.2) is 0 Å². The second-order valence-electron chi connectivity index (χ2n) is 6.30. The van der Waals surface area contributed by atoms with Gasteiger partial charge in [0.25, 0.3) is 0 Å². The van der Waals surface area contributed by atoms with Crippen LogP contribution < -0.4 is 5.32 Å². The molecule has 1 rings (SSSR count). The van der Waals surface area contributed by atoms with Crippen molar-refractivity contribution in [3.05, 3.63) is 0 Å². The van der Waals surface area contributed by atoms with E-state index < -0.39 is 0 Å². The van der Waals surface area contributed by atoms with Gasteiger partial charge in [-0.1, -0.05) is 51.9 Å². The van der Waals surface area contributed by atoms with E-state index in [0.717, 1.165) is 32.1 Å². The molecule has 0 aromatic rings. The zero-order chi connectivity index (χ0) is 14.6. The maximum atomic E-state index is 11.8. The average molecular weight is 372 g/mol. The Labute approximate surface area is 155 Å². The van der Waals surface area contributed by atoms with Crippen LogP contribution in [-0.2, 0) is 37.5 Å². The van der Waals surface area contributed by atoms with Crippen molar-refractivity contribution >= 4 is 5.91 Å². The van der Waals surface area contributed by atoms with E-state index in [1.807, 2.05) is 0 Å². The van der Waals surface area contributed by atoms with Gasteiger partial charge in [0.15, 0.2) is 0 Å².